The van der Waals surface area contributed by atoms with Crippen molar-refractivity contribution in [1.82, 2.24) is 14.1 Å². The van der Waals surface area contributed by atoms with Gasteiger partial charge in [-0.2, -0.15) is 4.37 Å². The number of hydrogen-bond acceptors (Lipinski definition) is 7. The normalized spacial score (nSPS) is 13.7. The summed E-state index contributed by atoms with van der Waals surface area (Å²) in [6.45, 7) is 2.66. The maximum Gasteiger partial charge on any atom is 0.245 e. The largest absolute Gasteiger partial charge is 0.497 e. The minimum Gasteiger partial charge on any atom is -0.497 e. The molecular formula is C14H19N3O3S. The van der Waals surface area contributed by atoms with Crippen LogP contribution < -0.4 is 14.8 Å². The summed E-state index contributed by atoms with van der Waals surface area (Å²) in [5.74, 6) is 1.28. The number of aliphatic hydroxyl groups excluding tert-OH is 1. The van der Waals surface area contributed by atoms with Gasteiger partial charge in [-0.25, -0.2) is 0 Å². The zero-order chi connectivity index (χ0) is 15.1. The van der Waals surface area contributed by atoms with Crippen molar-refractivity contribution in [3.05, 3.63) is 36.0 Å². The number of nitrogens with zero attached hydrogens (tertiary/aromatic N) is 2. The van der Waals surface area contributed by atoms with Crippen LogP contribution in [0, 0.1) is 0 Å². The molecule has 0 spiro atoms. The van der Waals surface area contributed by atoms with Crippen LogP contribution in [0.3, 0.4) is 0 Å². The second-order valence-electron chi connectivity index (χ2n) is 4.61. The Morgan fingerprint density at radius 1 is 1.33 bits per heavy atom. The highest BCUT2D eigenvalue weighted by Gasteiger charge is 2.10. The quantitative estimate of drug-likeness (QED) is 0.772. The van der Waals surface area contributed by atoms with E-state index in [4.69, 9.17) is 9.47 Å². The van der Waals surface area contributed by atoms with Gasteiger partial charge in [0.25, 0.3) is 0 Å². The summed E-state index contributed by atoms with van der Waals surface area (Å²) in [6.07, 6.45) is 0.928. The van der Waals surface area contributed by atoms with Gasteiger partial charge in [-0.05, 0) is 24.6 Å². The second kappa shape index (κ2) is 7.92. The van der Waals surface area contributed by atoms with Crippen molar-refractivity contribution in [3.8, 4) is 11.6 Å². The fraction of sp³-hybridized carbons (Fsp3) is 0.429. The first-order valence-corrected chi connectivity index (χ1v) is 7.38. The summed E-state index contributed by atoms with van der Waals surface area (Å²) >= 11 is 1.08. The third-order valence-corrected chi connectivity index (χ3v) is 3.50. The van der Waals surface area contributed by atoms with Crippen molar-refractivity contribution in [2.75, 3.05) is 20.3 Å². The number of hydrogen-bond donors (Lipinski definition) is 2. The molecule has 7 heteroatoms. The van der Waals surface area contributed by atoms with Gasteiger partial charge in [0.1, 0.15) is 24.7 Å². The van der Waals surface area contributed by atoms with Gasteiger partial charge >= 0.3 is 0 Å². The van der Waals surface area contributed by atoms with Crippen LogP contribution in [0.25, 0.3) is 0 Å². The Morgan fingerprint density at radius 3 is 2.71 bits per heavy atom. The second-order valence-corrected chi connectivity index (χ2v) is 5.17. The predicted molar refractivity (Wildman–Crippen MR) is 80.8 cm³/mol. The summed E-state index contributed by atoms with van der Waals surface area (Å²) in [6, 6.07) is 7.97. The van der Waals surface area contributed by atoms with Crippen LogP contribution in [0.4, 0.5) is 0 Å². The lowest BCUT2D eigenvalue weighted by atomic mass is 10.1. The Hall–Kier alpha value is -1.70. The molecule has 0 aliphatic carbocycles. The molecule has 114 valence electrons. The molecule has 2 aromatic rings. The first kappa shape index (κ1) is 15.7. The Bertz CT molecular complexity index is 519. The fourth-order valence-electron chi connectivity index (χ4n) is 1.78. The number of aliphatic hydroxyl groups is 1. The lowest BCUT2D eigenvalue weighted by molar-refractivity contribution is 0.102. The first-order valence-electron chi connectivity index (χ1n) is 6.65. The third kappa shape index (κ3) is 4.96. The molecule has 0 bridgehead atoms. The molecule has 1 aromatic heterocycles. The highest BCUT2D eigenvalue weighted by molar-refractivity contribution is 6.99. The molecule has 0 saturated carbocycles. The molecule has 1 unspecified atom stereocenters. The minimum absolute atomic E-state index is 0.131. The van der Waals surface area contributed by atoms with Crippen molar-refractivity contribution >= 4 is 11.7 Å². The van der Waals surface area contributed by atoms with Crippen LogP contribution >= 0.6 is 11.7 Å². The SMILES string of the molecule is COc1ccc([C@@H](C)NCC(O)COc2cnsn2)cc1. The van der Waals surface area contributed by atoms with Crippen LogP contribution in [0.5, 0.6) is 11.6 Å². The van der Waals surface area contributed by atoms with E-state index in [1.165, 1.54) is 6.20 Å². The Labute approximate surface area is 128 Å². The van der Waals surface area contributed by atoms with E-state index in [9.17, 15) is 5.11 Å². The van der Waals surface area contributed by atoms with Crippen LogP contribution in [0.1, 0.15) is 18.5 Å². The molecule has 6 nitrogen and oxygen atoms in total. The summed E-state index contributed by atoms with van der Waals surface area (Å²) < 4.78 is 18.2. The Morgan fingerprint density at radius 2 is 2.10 bits per heavy atom. The van der Waals surface area contributed by atoms with Crippen LogP contribution in [-0.4, -0.2) is 40.2 Å². The molecule has 2 atom stereocenters. The average molecular weight is 309 g/mol. The zero-order valence-electron chi connectivity index (χ0n) is 12.0. The first-order chi connectivity index (χ1) is 10.2. The van der Waals surface area contributed by atoms with Crippen molar-refractivity contribution in [1.29, 1.82) is 0 Å². The van der Waals surface area contributed by atoms with E-state index in [1.807, 2.05) is 31.2 Å². The minimum atomic E-state index is -0.604. The average Bonchev–Trinajstić information content (AvgIpc) is 3.04. The van der Waals surface area contributed by atoms with Crippen molar-refractivity contribution in [2.45, 2.75) is 19.1 Å². The smallest absolute Gasteiger partial charge is 0.245 e. The van der Waals surface area contributed by atoms with Gasteiger partial charge in [0, 0.05) is 12.6 Å². The van der Waals surface area contributed by atoms with E-state index < -0.39 is 6.10 Å². The van der Waals surface area contributed by atoms with Crippen LogP contribution in [0.15, 0.2) is 30.5 Å². The van der Waals surface area contributed by atoms with Gasteiger partial charge in [0.05, 0.1) is 18.8 Å². The third-order valence-electron chi connectivity index (χ3n) is 3.04. The zero-order valence-corrected chi connectivity index (χ0v) is 12.8. The molecule has 0 saturated heterocycles. The number of benzene rings is 1. The molecule has 2 rings (SSSR count). The van der Waals surface area contributed by atoms with Crippen LogP contribution in [-0.2, 0) is 0 Å². The molecule has 0 amide bonds. The lowest BCUT2D eigenvalue weighted by Crippen LogP contribution is -2.33. The van der Waals surface area contributed by atoms with Gasteiger partial charge in [-0.15, -0.1) is 4.37 Å². The maximum absolute atomic E-state index is 9.87. The number of aromatic nitrogens is 2. The molecule has 0 aliphatic heterocycles. The van der Waals surface area contributed by atoms with Gasteiger partial charge in [0.15, 0.2) is 0 Å². The highest BCUT2D eigenvalue weighted by Crippen LogP contribution is 2.17. The van der Waals surface area contributed by atoms with E-state index >= 15 is 0 Å². The van der Waals surface area contributed by atoms with Gasteiger partial charge in [-0.3, -0.25) is 0 Å². The van der Waals surface area contributed by atoms with E-state index in [2.05, 4.69) is 14.1 Å². The highest BCUT2D eigenvalue weighted by atomic mass is 32.1. The number of rotatable bonds is 8. The molecular weight excluding hydrogens is 290 g/mol. The lowest BCUT2D eigenvalue weighted by Gasteiger charge is -2.17. The predicted octanol–water partition coefficient (Wildman–Crippen LogP) is 1.64. The molecule has 0 radical (unpaired) electrons. The molecule has 0 fully saturated rings. The molecule has 1 aromatic carbocycles. The van der Waals surface area contributed by atoms with Crippen molar-refractivity contribution in [3.63, 3.8) is 0 Å². The van der Waals surface area contributed by atoms with Crippen LogP contribution in [0.2, 0.25) is 0 Å². The van der Waals surface area contributed by atoms with Gasteiger partial charge in [0.2, 0.25) is 5.88 Å². The van der Waals surface area contributed by atoms with Gasteiger partial charge in [-0.1, -0.05) is 12.1 Å². The standard InChI is InChI=1S/C14H19N3O3S/c1-10(11-3-5-13(19-2)6-4-11)15-7-12(18)9-20-14-8-16-21-17-14/h3-6,8,10,12,15,18H,7,9H2,1-2H3/t10-,12?/m1/s1. The topological polar surface area (TPSA) is 76.5 Å². The Kier molecular flexibility index (Phi) is 5.91. The fourth-order valence-corrected chi connectivity index (χ4v) is 2.15. The van der Waals surface area contributed by atoms with Crippen molar-refractivity contribution in [2.24, 2.45) is 0 Å². The van der Waals surface area contributed by atoms with Crippen molar-refractivity contribution < 1.29 is 14.6 Å². The number of methoxy groups -OCH3 is 1. The summed E-state index contributed by atoms with van der Waals surface area (Å²) in [4.78, 5) is 0. The molecule has 21 heavy (non-hydrogen) atoms. The monoisotopic (exact) mass is 309 g/mol. The summed E-state index contributed by atoms with van der Waals surface area (Å²) in [7, 11) is 1.64. The molecule has 0 aliphatic rings. The van der Waals surface area contributed by atoms with E-state index in [1.54, 1.807) is 7.11 Å². The number of nitrogens with one attached hydrogen (secondary N) is 1. The maximum atomic E-state index is 9.87. The van der Waals surface area contributed by atoms with Gasteiger partial charge < -0.3 is 19.9 Å². The van der Waals surface area contributed by atoms with E-state index in [-0.39, 0.29) is 12.6 Å². The van der Waals surface area contributed by atoms with E-state index in [0.717, 1.165) is 23.0 Å². The molecule has 1 heterocycles. The Balaban J connectivity index is 1.73. The molecule has 2 N–H and O–H groups in total. The van der Waals surface area contributed by atoms with E-state index in [0.29, 0.717) is 12.4 Å². The summed E-state index contributed by atoms with van der Waals surface area (Å²) in [5, 5.41) is 13.1. The summed E-state index contributed by atoms with van der Waals surface area (Å²) in [5.41, 5.74) is 1.13. The number of ether oxygens (including phenoxy) is 2.